The fraction of sp³-hybridized carbons (Fsp3) is 0.733. The molecule has 5 N–H and O–H groups in total. The van der Waals surface area contributed by atoms with Crippen LogP contribution in [-0.4, -0.2) is 63.5 Å². The van der Waals surface area contributed by atoms with Crippen molar-refractivity contribution in [2.75, 3.05) is 6.54 Å². The van der Waals surface area contributed by atoms with Gasteiger partial charge in [0.2, 0.25) is 11.8 Å². The third-order valence-corrected chi connectivity index (χ3v) is 4.06. The molecule has 3 atom stereocenters. The number of hydrogen-bond donors (Lipinski definition) is 4. The number of nitrogens with one attached hydrogen (secondary N) is 1. The number of carbonyl (C=O) groups excluding carboxylic acids is 2. The third-order valence-electron chi connectivity index (χ3n) is 4.06. The van der Waals surface area contributed by atoms with Gasteiger partial charge in [0.15, 0.2) is 0 Å². The van der Waals surface area contributed by atoms with Crippen molar-refractivity contribution in [2.45, 2.75) is 57.7 Å². The number of nitrogens with zero attached hydrogens (tertiary/aromatic N) is 1. The summed E-state index contributed by atoms with van der Waals surface area (Å²) in [6.07, 6.45) is 0.696. The zero-order valence-corrected chi connectivity index (χ0v) is 13.9. The highest BCUT2D eigenvalue weighted by Crippen LogP contribution is 2.20. The third kappa shape index (κ3) is 5.19. The van der Waals surface area contributed by atoms with Gasteiger partial charge in [0.25, 0.3) is 0 Å². The molecule has 1 saturated heterocycles. The molecular formula is C15H25N3O6. The maximum Gasteiger partial charge on any atom is 0.326 e. The Bertz CT molecular complexity index is 507. The van der Waals surface area contributed by atoms with Crippen molar-refractivity contribution >= 4 is 23.8 Å². The Balaban J connectivity index is 2.76. The Morgan fingerprint density at radius 3 is 2.38 bits per heavy atom. The Hall–Kier alpha value is -2.16. The number of nitrogens with two attached hydrogens (primary N) is 1. The van der Waals surface area contributed by atoms with E-state index in [4.69, 9.17) is 10.8 Å². The molecule has 0 aliphatic carbocycles. The number of carboxylic acid groups (broad SMARTS) is 2. The topological polar surface area (TPSA) is 150 Å². The summed E-state index contributed by atoms with van der Waals surface area (Å²) in [5, 5.41) is 20.3. The highest BCUT2D eigenvalue weighted by Gasteiger charge is 2.38. The molecule has 9 heteroatoms. The molecule has 1 heterocycles. The van der Waals surface area contributed by atoms with Crippen LogP contribution in [0.5, 0.6) is 0 Å². The quantitative estimate of drug-likeness (QED) is 0.459. The van der Waals surface area contributed by atoms with Gasteiger partial charge in [-0.25, -0.2) is 4.79 Å². The van der Waals surface area contributed by atoms with E-state index in [1.165, 1.54) is 4.90 Å². The molecule has 2 amide bonds. The summed E-state index contributed by atoms with van der Waals surface area (Å²) in [7, 11) is 0. The van der Waals surface area contributed by atoms with E-state index in [-0.39, 0.29) is 18.8 Å². The normalized spacial score (nSPS) is 19.8. The molecule has 24 heavy (non-hydrogen) atoms. The number of aliphatic carboxylic acids is 2. The van der Waals surface area contributed by atoms with Gasteiger partial charge in [-0.05, 0) is 25.2 Å². The van der Waals surface area contributed by atoms with Gasteiger partial charge in [-0.3, -0.25) is 14.4 Å². The van der Waals surface area contributed by atoms with Crippen LogP contribution in [0.2, 0.25) is 0 Å². The van der Waals surface area contributed by atoms with Crippen LogP contribution in [0.25, 0.3) is 0 Å². The second kappa shape index (κ2) is 8.62. The molecule has 0 aromatic carbocycles. The van der Waals surface area contributed by atoms with Gasteiger partial charge in [0.1, 0.15) is 12.1 Å². The zero-order chi connectivity index (χ0) is 18.4. The number of hydrogen-bond acceptors (Lipinski definition) is 5. The lowest BCUT2D eigenvalue weighted by Crippen LogP contribution is -2.56. The van der Waals surface area contributed by atoms with Crippen LogP contribution in [0.3, 0.4) is 0 Å². The first kappa shape index (κ1) is 19.9. The molecule has 0 radical (unpaired) electrons. The monoisotopic (exact) mass is 343 g/mol. The summed E-state index contributed by atoms with van der Waals surface area (Å²) in [5.41, 5.74) is 5.65. The first-order valence-corrected chi connectivity index (χ1v) is 7.96. The maximum atomic E-state index is 12.6. The number of likely N-dealkylation sites (tertiary alicyclic amines) is 1. The summed E-state index contributed by atoms with van der Waals surface area (Å²) < 4.78 is 0. The van der Waals surface area contributed by atoms with Gasteiger partial charge in [0, 0.05) is 13.0 Å². The van der Waals surface area contributed by atoms with Crippen molar-refractivity contribution in [3.05, 3.63) is 0 Å². The van der Waals surface area contributed by atoms with Crippen molar-refractivity contribution in [2.24, 2.45) is 11.7 Å². The van der Waals surface area contributed by atoms with Crippen LogP contribution >= 0.6 is 0 Å². The van der Waals surface area contributed by atoms with Crippen molar-refractivity contribution in [3.8, 4) is 0 Å². The predicted molar refractivity (Wildman–Crippen MR) is 84.0 cm³/mol. The summed E-state index contributed by atoms with van der Waals surface area (Å²) in [5.74, 6) is -3.45. The van der Waals surface area contributed by atoms with Crippen LogP contribution in [0.1, 0.15) is 39.5 Å². The summed E-state index contributed by atoms with van der Waals surface area (Å²) in [6, 6.07) is -2.81. The second-order valence-electron chi connectivity index (χ2n) is 6.30. The summed E-state index contributed by atoms with van der Waals surface area (Å²) in [4.78, 5) is 47.8. The highest BCUT2D eigenvalue weighted by atomic mass is 16.4. The first-order valence-electron chi connectivity index (χ1n) is 7.96. The molecule has 1 rings (SSSR count). The van der Waals surface area contributed by atoms with E-state index in [0.29, 0.717) is 19.4 Å². The van der Waals surface area contributed by atoms with Crippen LogP contribution in [-0.2, 0) is 19.2 Å². The smallest absolute Gasteiger partial charge is 0.326 e. The molecule has 1 aliphatic rings. The minimum Gasteiger partial charge on any atom is -0.481 e. The van der Waals surface area contributed by atoms with Gasteiger partial charge in [-0.1, -0.05) is 13.8 Å². The van der Waals surface area contributed by atoms with Crippen LogP contribution < -0.4 is 11.1 Å². The fourth-order valence-corrected chi connectivity index (χ4v) is 2.65. The Labute approximate surface area is 140 Å². The molecule has 1 fully saturated rings. The molecule has 0 saturated carbocycles. The van der Waals surface area contributed by atoms with Gasteiger partial charge in [-0.2, -0.15) is 0 Å². The predicted octanol–water partition coefficient (Wildman–Crippen LogP) is -0.605. The standard InChI is InChI=1S/C15H25N3O6/c1-8(2)12(17-13(21)9(16)5-6-11(19)20)14(22)18-7-3-4-10(18)15(23)24/h8-10,12H,3-7,16H2,1-2H3,(H,17,21)(H,19,20)(H,23,24)/t9-,10-,12-/m0/s1. The molecule has 0 aromatic heterocycles. The molecule has 9 nitrogen and oxygen atoms in total. The maximum absolute atomic E-state index is 12.6. The zero-order valence-electron chi connectivity index (χ0n) is 13.9. The molecular weight excluding hydrogens is 318 g/mol. The minimum absolute atomic E-state index is 0.0400. The number of carboxylic acids is 2. The van der Waals surface area contributed by atoms with E-state index in [0.717, 1.165) is 0 Å². The van der Waals surface area contributed by atoms with Crippen LogP contribution in [0.4, 0.5) is 0 Å². The second-order valence-corrected chi connectivity index (χ2v) is 6.30. The molecule has 0 unspecified atom stereocenters. The lowest BCUT2D eigenvalue weighted by Gasteiger charge is -2.30. The van der Waals surface area contributed by atoms with Gasteiger partial charge >= 0.3 is 11.9 Å². The van der Waals surface area contributed by atoms with E-state index < -0.39 is 41.9 Å². The van der Waals surface area contributed by atoms with Crippen molar-refractivity contribution in [3.63, 3.8) is 0 Å². The Kier molecular flexibility index (Phi) is 7.15. The number of amides is 2. The van der Waals surface area contributed by atoms with Crippen molar-refractivity contribution in [1.82, 2.24) is 10.2 Å². The summed E-state index contributed by atoms with van der Waals surface area (Å²) in [6.45, 7) is 3.80. The minimum atomic E-state index is -1.06. The molecule has 0 spiro atoms. The lowest BCUT2D eigenvalue weighted by atomic mass is 10.0. The van der Waals surface area contributed by atoms with Crippen molar-refractivity contribution < 1.29 is 29.4 Å². The van der Waals surface area contributed by atoms with E-state index in [2.05, 4.69) is 5.32 Å². The molecule has 0 bridgehead atoms. The lowest BCUT2D eigenvalue weighted by molar-refractivity contribution is -0.150. The van der Waals surface area contributed by atoms with E-state index in [1.54, 1.807) is 13.8 Å². The first-order chi connectivity index (χ1) is 11.1. The Morgan fingerprint density at radius 1 is 1.25 bits per heavy atom. The summed E-state index contributed by atoms with van der Waals surface area (Å²) >= 11 is 0. The van der Waals surface area contributed by atoms with Gasteiger partial charge < -0.3 is 26.2 Å². The fourth-order valence-electron chi connectivity index (χ4n) is 2.65. The van der Waals surface area contributed by atoms with Gasteiger partial charge in [0.05, 0.1) is 6.04 Å². The Morgan fingerprint density at radius 2 is 1.88 bits per heavy atom. The average Bonchev–Trinajstić information content (AvgIpc) is 2.98. The van der Waals surface area contributed by atoms with Gasteiger partial charge in [-0.15, -0.1) is 0 Å². The van der Waals surface area contributed by atoms with Crippen LogP contribution in [0, 0.1) is 5.92 Å². The van der Waals surface area contributed by atoms with E-state index >= 15 is 0 Å². The van der Waals surface area contributed by atoms with E-state index in [9.17, 15) is 24.3 Å². The number of rotatable bonds is 8. The highest BCUT2D eigenvalue weighted by molar-refractivity contribution is 5.92. The average molecular weight is 343 g/mol. The SMILES string of the molecule is CC(C)[C@H](NC(=O)[C@@H](N)CCC(=O)O)C(=O)N1CCC[C@H]1C(=O)O. The molecule has 136 valence electrons. The van der Waals surface area contributed by atoms with E-state index in [1.807, 2.05) is 0 Å². The van der Waals surface area contributed by atoms with Crippen LogP contribution in [0.15, 0.2) is 0 Å². The van der Waals surface area contributed by atoms with Crippen molar-refractivity contribution in [1.29, 1.82) is 0 Å². The molecule has 1 aliphatic heterocycles. The molecule has 0 aromatic rings. The number of carbonyl (C=O) groups is 4. The largest absolute Gasteiger partial charge is 0.481 e.